The summed E-state index contributed by atoms with van der Waals surface area (Å²) in [5.74, 6) is -0.620. The molecule has 1 aromatic carbocycles. The van der Waals surface area contributed by atoms with Gasteiger partial charge in [-0.25, -0.2) is 4.98 Å². The maximum atomic E-state index is 12.9. The molecule has 0 radical (unpaired) electrons. The monoisotopic (exact) mass is 409 g/mol. The van der Waals surface area contributed by atoms with Gasteiger partial charge in [0, 0.05) is 6.07 Å². The van der Waals surface area contributed by atoms with Crippen LogP contribution in [0.25, 0.3) is 10.6 Å². The van der Waals surface area contributed by atoms with E-state index in [9.17, 15) is 22.8 Å². The van der Waals surface area contributed by atoms with Crippen LogP contribution in [0.2, 0.25) is 0 Å². The summed E-state index contributed by atoms with van der Waals surface area (Å²) in [4.78, 5) is 29.4. The smallest absolute Gasteiger partial charge is 0.416 e. The van der Waals surface area contributed by atoms with Gasteiger partial charge in [0.05, 0.1) is 35.3 Å². The average Bonchev–Trinajstić information content (AvgIpc) is 3.17. The molecule has 0 aliphatic heterocycles. The molecule has 2 aromatic heterocycles. The van der Waals surface area contributed by atoms with Gasteiger partial charge in [-0.3, -0.25) is 14.2 Å². The summed E-state index contributed by atoms with van der Waals surface area (Å²) in [5.41, 5.74) is -1.04. The maximum Gasteiger partial charge on any atom is 0.416 e. The normalized spacial score (nSPS) is 11.3. The molecule has 0 saturated heterocycles. The maximum absolute atomic E-state index is 12.9. The summed E-state index contributed by atoms with van der Waals surface area (Å²) in [6.07, 6.45) is -3.34. The summed E-state index contributed by atoms with van der Waals surface area (Å²) >= 11 is 1.42. The first-order chi connectivity index (χ1) is 13.3. The molecular weight excluding hydrogens is 395 g/mol. The Morgan fingerprint density at radius 2 is 2.07 bits per heavy atom. The third-order valence-electron chi connectivity index (χ3n) is 3.77. The number of alkyl halides is 3. The van der Waals surface area contributed by atoms with Gasteiger partial charge >= 0.3 is 6.18 Å². The number of amides is 1. The van der Waals surface area contributed by atoms with E-state index in [2.05, 4.69) is 10.3 Å². The summed E-state index contributed by atoms with van der Waals surface area (Å²) in [7, 11) is 1.27. The number of hydrogen-bond donors (Lipinski definition) is 1. The lowest BCUT2D eigenvalue weighted by molar-refractivity contribution is -0.137. The van der Waals surface area contributed by atoms with Crippen LogP contribution in [0.1, 0.15) is 5.56 Å². The molecule has 10 heteroatoms. The minimum Gasteiger partial charge on any atom is -0.495 e. The molecule has 0 fully saturated rings. The van der Waals surface area contributed by atoms with Crippen molar-refractivity contribution in [1.82, 2.24) is 9.55 Å². The molecule has 0 unspecified atom stereocenters. The zero-order valence-corrected chi connectivity index (χ0v) is 15.3. The van der Waals surface area contributed by atoms with E-state index in [0.29, 0.717) is 5.69 Å². The molecule has 0 spiro atoms. The SMILES string of the molecule is COc1ccc(C(F)(F)F)cc1NC(=O)Cn1cnc(-c2cccs2)cc1=O. The fourth-order valence-electron chi connectivity index (χ4n) is 2.43. The Morgan fingerprint density at radius 3 is 2.68 bits per heavy atom. The first kappa shape index (κ1) is 19.6. The highest BCUT2D eigenvalue weighted by Gasteiger charge is 2.31. The van der Waals surface area contributed by atoms with Gasteiger partial charge < -0.3 is 10.1 Å². The number of hydrogen-bond acceptors (Lipinski definition) is 5. The number of methoxy groups -OCH3 is 1. The van der Waals surface area contributed by atoms with Gasteiger partial charge in [0.15, 0.2) is 0 Å². The molecule has 0 aliphatic carbocycles. The van der Waals surface area contributed by atoms with Crippen LogP contribution >= 0.6 is 11.3 Å². The van der Waals surface area contributed by atoms with Crippen LogP contribution < -0.4 is 15.6 Å². The van der Waals surface area contributed by atoms with E-state index in [1.807, 2.05) is 17.5 Å². The zero-order chi connectivity index (χ0) is 20.3. The standard InChI is InChI=1S/C18H14F3N3O3S/c1-27-14-5-4-11(18(19,20)21)7-12(14)23-16(25)9-24-10-22-13(8-17(24)26)15-3-2-6-28-15/h2-8,10H,9H2,1H3,(H,23,25). The highest BCUT2D eigenvalue weighted by Crippen LogP contribution is 2.34. The number of nitrogens with one attached hydrogen (secondary N) is 1. The Morgan fingerprint density at radius 1 is 1.29 bits per heavy atom. The molecule has 0 aliphatic rings. The number of benzene rings is 1. The Hall–Kier alpha value is -3.14. The Bertz CT molecular complexity index is 1050. The van der Waals surface area contributed by atoms with Gasteiger partial charge in [0.2, 0.25) is 5.91 Å². The summed E-state index contributed by atoms with van der Waals surface area (Å²) in [6, 6.07) is 7.67. The van der Waals surface area contributed by atoms with E-state index in [1.54, 1.807) is 0 Å². The van der Waals surface area contributed by atoms with Crippen molar-refractivity contribution in [1.29, 1.82) is 0 Å². The highest BCUT2D eigenvalue weighted by atomic mass is 32.1. The summed E-state index contributed by atoms with van der Waals surface area (Å²) in [5, 5.41) is 4.19. The van der Waals surface area contributed by atoms with E-state index < -0.39 is 29.8 Å². The molecule has 1 amide bonds. The topological polar surface area (TPSA) is 73.2 Å². The first-order valence-corrected chi connectivity index (χ1v) is 8.81. The molecule has 3 rings (SSSR count). The van der Waals surface area contributed by atoms with Crippen LogP contribution in [-0.4, -0.2) is 22.6 Å². The third-order valence-corrected chi connectivity index (χ3v) is 4.66. The van der Waals surface area contributed by atoms with E-state index >= 15 is 0 Å². The third kappa shape index (κ3) is 4.39. The average molecular weight is 409 g/mol. The lowest BCUT2D eigenvalue weighted by Gasteiger charge is -2.14. The number of anilines is 1. The van der Waals surface area contributed by atoms with Gasteiger partial charge in [-0.15, -0.1) is 11.3 Å². The van der Waals surface area contributed by atoms with Crippen LogP contribution in [0.4, 0.5) is 18.9 Å². The van der Waals surface area contributed by atoms with Crippen molar-refractivity contribution in [3.63, 3.8) is 0 Å². The molecule has 0 atom stereocenters. The van der Waals surface area contributed by atoms with Crippen molar-refractivity contribution < 1.29 is 22.7 Å². The van der Waals surface area contributed by atoms with Crippen molar-refractivity contribution in [3.8, 4) is 16.3 Å². The van der Waals surface area contributed by atoms with Crippen LogP contribution in [0.3, 0.4) is 0 Å². The predicted octanol–water partition coefficient (Wildman–Crippen LogP) is 3.64. The predicted molar refractivity (Wildman–Crippen MR) is 98.4 cm³/mol. The van der Waals surface area contributed by atoms with Crippen molar-refractivity contribution in [3.05, 3.63) is 64.0 Å². The fraction of sp³-hybridized carbons (Fsp3) is 0.167. The van der Waals surface area contributed by atoms with E-state index in [4.69, 9.17) is 4.74 Å². The summed E-state index contributed by atoms with van der Waals surface area (Å²) < 4.78 is 44.7. The molecule has 3 aromatic rings. The number of aromatic nitrogens is 2. The van der Waals surface area contributed by atoms with Crippen LogP contribution in [-0.2, 0) is 17.5 Å². The van der Waals surface area contributed by atoms with Crippen LogP contribution in [0.5, 0.6) is 5.75 Å². The lowest BCUT2D eigenvalue weighted by Crippen LogP contribution is -2.27. The second-order valence-corrected chi connectivity index (χ2v) is 6.63. The molecule has 6 nitrogen and oxygen atoms in total. The second kappa shape index (κ2) is 7.85. The number of nitrogens with zero attached hydrogens (tertiary/aromatic N) is 2. The fourth-order valence-corrected chi connectivity index (χ4v) is 3.12. The minimum absolute atomic E-state index is 0.0693. The molecule has 2 heterocycles. The number of rotatable bonds is 5. The Kier molecular flexibility index (Phi) is 5.50. The number of carbonyl (C=O) groups is 1. The van der Waals surface area contributed by atoms with Crippen molar-refractivity contribution in [2.45, 2.75) is 12.7 Å². The quantitative estimate of drug-likeness (QED) is 0.698. The van der Waals surface area contributed by atoms with E-state index in [-0.39, 0.29) is 11.4 Å². The van der Waals surface area contributed by atoms with Crippen molar-refractivity contribution in [2.24, 2.45) is 0 Å². The largest absolute Gasteiger partial charge is 0.495 e. The molecule has 0 bridgehead atoms. The van der Waals surface area contributed by atoms with Gasteiger partial charge in [-0.1, -0.05) is 6.07 Å². The second-order valence-electron chi connectivity index (χ2n) is 5.68. The van der Waals surface area contributed by atoms with Gasteiger partial charge in [0.25, 0.3) is 5.56 Å². The zero-order valence-electron chi connectivity index (χ0n) is 14.5. The molecule has 146 valence electrons. The Balaban J connectivity index is 1.78. The highest BCUT2D eigenvalue weighted by molar-refractivity contribution is 7.13. The first-order valence-electron chi connectivity index (χ1n) is 7.93. The molecule has 28 heavy (non-hydrogen) atoms. The molecule has 1 N–H and O–H groups in total. The number of ether oxygens (including phenoxy) is 1. The summed E-state index contributed by atoms with van der Waals surface area (Å²) in [6.45, 7) is -0.407. The van der Waals surface area contributed by atoms with Gasteiger partial charge in [0.1, 0.15) is 12.3 Å². The van der Waals surface area contributed by atoms with E-state index in [0.717, 1.165) is 27.6 Å². The minimum atomic E-state index is -4.57. The van der Waals surface area contributed by atoms with Crippen LogP contribution in [0.15, 0.2) is 52.9 Å². The number of carbonyl (C=O) groups excluding carboxylic acids is 1. The molecular formula is C18H14F3N3O3S. The van der Waals surface area contributed by atoms with Gasteiger partial charge in [-0.05, 0) is 29.6 Å². The number of halogens is 3. The lowest BCUT2D eigenvalue weighted by atomic mass is 10.1. The number of thiophene rings is 1. The Labute approximate surface area is 161 Å². The van der Waals surface area contributed by atoms with Crippen LogP contribution in [0, 0.1) is 0 Å². The molecule has 0 saturated carbocycles. The van der Waals surface area contributed by atoms with Crippen molar-refractivity contribution in [2.75, 3.05) is 12.4 Å². The van der Waals surface area contributed by atoms with E-state index in [1.165, 1.54) is 30.8 Å². The van der Waals surface area contributed by atoms with Crippen molar-refractivity contribution >= 4 is 22.9 Å². The van der Waals surface area contributed by atoms with Gasteiger partial charge in [-0.2, -0.15) is 13.2 Å².